The van der Waals surface area contributed by atoms with Crippen LogP contribution in [0.2, 0.25) is 0 Å². The first-order chi connectivity index (χ1) is 27.8. The van der Waals surface area contributed by atoms with Crippen LogP contribution >= 0.6 is 0 Å². The Morgan fingerprint density at radius 2 is 0.679 bits per heavy atom. The summed E-state index contributed by atoms with van der Waals surface area (Å²) in [6.45, 7) is 0. The highest BCUT2D eigenvalue weighted by Crippen LogP contribution is 2.44. The van der Waals surface area contributed by atoms with Crippen LogP contribution in [0.4, 0.5) is 0 Å². The van der Waals surface area contributed by atoms with Crippen molar-refractivity contribution in [1.29, 1.82) is 0 Å². The third-order valence-electron chi connectivity index (χ3n) is 12.1. The Hall–Kier alpha value is -7.49. The lowest BCUT2D eigenvalue weighted by Crippen LogP contribution is -1.91. The van der Waals surface area contributed by atoms with Crippen LogP contribution < -0.4 is 0 Å². The predicted molar refractivity (Wildman–Crippen MR) is 235 cm³/mol. The zero-order valence-electron chi connectivity index (χ0n) is 30.2. The largest absolute Gasteiger partial charge is 0.308 e. The zero-order valence-corrected chi connectivity index (χ0v) is 30.2. The quantitative estimate of drug-likeness (QED) is 0.178. The van der Waals surface area contributed by atoms with Crippen molar-refractivity contribution in [2.45, 2.75) is 0 Å². The molecule has 0 saturated carbocycles. The van der Waals surface area contributed by atoms with Crippen molar-refractivity contribution >= 4 is 76.2 Å². The first-order valence-corrected chi connectivity index (χ1v) is 19.3. The maximum atomic E-state index is 5.36. The number of hydrogen-bond donors (Lipinski definition) is 0. The van der Waals surface area contributed by atoms with Crippen molar-refractivity contribution in [2.24, 2.45) is 0 Å². The molecule has 13 aromatic rings. The van der Waals surface area contributed by atoms with E-state index in [0.717, 1.165) is 28.1 Å². The van der Waals surface area contributed by atoms with Crippen molar-refractivity contribution in [2.75, 3.05) is 0 Å². The lowest BCUT2D eigenvalue weighted by molar-refractivity contribution is 1.32. The summed E-state index contributed by atoms with van der Waals surface area (Å²) in [5.74, 6) is 0. The van der Waals surface area contributed by atoms with E-state index in [-0.39, 0.29) is 0 Å². The monoisotopic (exact) mass is 709 g/mol. The fraction of sp³-hybridized carbons (Fsp3) is 0. The van der Waals surface area contributed by atoms with Gasteiger partial charge in [0.1, 0.15) is 0 Å². The van der Waals surface area contributed by atoms with Crippen LogP contribution in [0.15, 0.2) is 188 Å². The molecule has 0 radical (unpaired) electrons. The number of para-hydroxylation sites is 3. The van der Waals surface area contributed by atoms with E-state index in [1.54, 1.807) is 0 Å². The van der Waals surface area contributed by atoms with E-state index in [1.165, 1.54) is 92.9 Å². The van der Waals surface area contributed by atoms with Gasteiger partial charge in [-0.05, 0) is 82.9 Å². The third kappa shape index (κ3) is 4.04. The number of nitrogens with zero attached hydrogens (tertiary/aromatic N) is 3. The molecule has 0 aliphatic heterocycles. The van der Waals surface area contributed by atoms with Crippen molar-refractivity contribution < 1.29 is 0 Å². The summed E-state index contributed by atoms with van der Waals surface area (Å²) in [4.78, 5) is 5.36. The summed E-state index contributed by atoms with van der Waals surface area (Å²) >= 11 is 0. The minimum absolute atomic E-state index is 0.967. The van der Waals surface area contributed by atoms with Gasteiger partial charge in [-0.25, -0.2) is 4.98 Å². The molecule has 258 valence electrons. The van der Waals surface area contributed by atoms with E-state index in [1.807, 2.05) is 0 Å². The SMILES string of the molecule is c1ccc(-c2cc(-c3ccccc3)nc(-c3cc4c5ccccc5n5c6ccc(-c7ccc8c(c7)c7cccc9c%10ccccc%10n8c97)cc6c(c3)c45)c2)cc1. The molecule has 0 aliphatic carbocycles. The number of aromatic nitrogens is 3. The molecule has 0 saturated heterocycles. The second-order valence-electron chi connectivity index (χ2n) is 15.1. The van der Waals surface area contributed by atoms with Gasteiger partial charge in [-0.2, -0.15) is 0 Å². The molecule has 0 spiro atoms. The highest BCUT2D eigenvalue weighted by molar-refractivity contribution is 6.26. The van der Waals surface area contributed by atoms with E-state index in [9.17, 15) is 0 Å². The molecule has 8 aromatic carbocycles. The van der Waals surface area contributed by atoms with Gasteiger partial charge in [0.2, 0.25) is 0 Å². The van der Waals surface area contributed by atoms with Crippen LogP contribution in [0, 0.1) is 0 Å². The standard InChI is InChI=1S/C53H31N3/c1-3-12-32(13-4-1)36-30-46(33-14-5-2-6-15-33)54-47(31-36)37-28-44-39-17-8-10-21-49(39)56-51-25-23-35(27-43(51)45(29-37)53(44)56)34-22-24-50-42(26-34)41-19-11-18-40-38-16-7-9-20-48(38)55(50)52(40)41/h1-31H. The summed E-state index contributed by atoms with van der Waals surface area (Å²) in [6, 6.07) is 68.8. The van der Waals surface area contributed by atoms with Crippen LogP contribution in [0.5, 0.6) is 0 Å². The zero-order chi connectivity index (χ0) is 36.5. The van der Waals surface area contributed by atoms with Gasteiger partial charge in [-0.15, -0.1) is 0 Å². The van der Waals surface area contributed by atoms with Gasteiger partial charge < -0.3 is 8.80 Å². The van der Waals surface area contributed by atoms with Gasteiger partial charge in [0.05, 0.1) is 44.5 Å². The van der Waals surface area contributed by atoms with Gasteiger partial charge in [0, 0.05) is 54.2 Å². The van der Waals surface area contributed by atoms with Crippen molar-refractivity contribution in [3.05, 3.63) is 188 Å². The molecule has 0 aliphatic rings. The Morgan fingerprint density at radius 1 is 0.250 bits per heavy atom. The highest BCUT2D eigenvalue weighted by Gasteiger charge is 2.21. The summed E-state index contributed by atoms with van der Waals surface area (Å²) < 4.78 is 4.92. The molecule has 0 fully saturated rings. The van der Waals surface area contributed by atoms with Crippen LogP contribution in [0.3, 0.4) is 0 Å². The van der Waals surface area contributed by atoms with E-state index in [0.29, 0.717) is 0 Å². The second-order valence-corrected chi connectivity index (χ2v) is 15.1. The van der Waals surface area contributed by atoms with Crippen LogP contribution in [-0.2, 0) is 0 Å². The van der Waals surface area contributed by atoms with Crippen molar-refractivity contribution in [1.82, 2.24) is 13.8 Å². The molecule has 0 N–H and O–H groups in total. The molecule has 3 nitrogen and oxygen atoms in total. The summed E-state index contributed by atoms with van der Waals surface area (Å²) in [5.41, 5.74) is 16.4. The Labute approximate surface area is 321 Å². The maximum absolute atomic E-state index is 5.36. The van der Waals surface area contributed by atoms with Gasteiger partial charge in [0.15, 0.2) is 0 Å². The van der Waals surface area contributed by atoms with Crippen LogP contribution in [0.25, 0.3) is 121 Å². The van der Waals surface area contributed by atoms with E-state index < -0.39 is 0 Å². The maximum Gasteiger partial charge on any atom is 0.0716 e. The molecular weight excluding hydrogens is 679 g/mol. The minimum atomic E-state index is 0.967. The fourth-order valence-corrected chi connectivity index (χ4v) is 9.67. The molecule has 56 heavy (non-hydrogen) atoms. The number of rotatable bonds is 4. The summed E-state index contributed by atoms with van der Waals surface area (Å²) in [6.07, 6.45) is 0. The van der Waals surface area contributed by atoms with Crippen LogP contribution in [-0.4, -0.2) is 13.8 Å². The molecule has 3 heteroatoms. The Morgan fingerprint density at radius 3 is 1.32 bits per heavy atom. The second kappa shape index (κ2) is 11.0. The van der Waals surface area contributed by atoms with Crippen LogP contribution in [0.1, 0.15) is 0 Å². The summed E-state index contributed by atoms with van der Waals surface area (Å²) in [7, 11) is 0. The van der Waals surface area contributed by atoms with Gasteiger partial charge in [-0.3, -0.25) is 0 Å². The molecule has 0 bridgehead atoms. The molecule has 13 rings (SSSR count). The number of benzene rings is 8. The summed E-state index contributed by atoms with van der Waals surface area (Å²) in [5, 5.41) is 10.2. The lowest BCUT2D eigenvalue weighted by Gasteiger charge is -2.11. The van der Waals surface area contributed by atoms with Gasteiger partial charge in [0.25, 0.3) is 0 Å². The first kappa shape index (κ1) is 29.9. The van der Waals surface area contributed by atoms with Crippen molar-refractivity contribution in [3.63, 3.8) is 0 Å². The topological polar surface area (TPSA) is 21.7 Å². The first-order valence-electron chi connectivity index (χ1n) is 19.3. The molecular formula is C53H31N3. The lowest BCUT2D eigenvalue weighted by atomic mass is 9.97. The molecule has 5 heterocycles. The normalized spacial score (nSPS) is 12.3. The molecule has 0 unspecified atom stereocenters. The number of hydrogen-bond acceptors (Lipinski definition) is 1. The third-order valence-corrected chi connectivity index (χ3v) is 12.1. The Kier molecular flexibility index (Phi) is 5.89. The van der Waals surface area contributed by atoms with E-state index in [2.05, 4.69) is 197 Å². The molecule has 0 amide bonds. The Bertz CT molecular complexity index is 3630. The van der Waals surface area contributed by atoms with E-state index in [4.69, 9.17) is 4.98 Å². The van der Waals surface area contributed by atoms with Gasteiger partial charge in [-0.1, -0.05) is 127 Å². The minimum Gasteiger partial charge on any atom is -0.308 e. The highest BCUT2D eigenvalue weighted by atomic mass is 14.9. The van der Waals surface area contributed by atoms with E-state index >= 15 is 0 Å². The molecule has 5 aromatic heterocycles. The average molecular weight is 710 g/mol. The number of pyridine rings is 1. The number of fused-ring (bicyclic) bond motifs is 12. The molecule has 0 atom stereocenters. The Balaban J connectivity index is 1.06. The van der Waals surface area contributed by atoms with Crippen molar-refractivity contribution in [3.8, 4) is 44.8 Å². The smallest absolute Gasteiger partial charge is 0.0716 e. The fourth-order valence-electron chi connectivity index (χ4n) is 9.67. The average Bonchev–Trinajstić information content (AvgIpc) is 4.00. The van der Waals surface area contributed by atoms with Gasteiger partial charge >= 0.3 is 0 Å². The predicted octanol–water partition coefficient (Wildman–Crippen LogP) is 14.0.